The number of anilines is 1. The molecule has 192 valence electrons. The van der Waals surface area contributed by atoms with Gasteiger partial charge in [0.25, 0.3) is 5.91 Å². The van der Waals surface area contributed by atoms with Crippen LogP contribution in [0.15, 0.2) is 48.5 Å². The predicted molar refractivity (Wildman–Crippen MR) is 127 cm³/mol. The Morgan fingerprint density at radius 1 is 1.03 bits per heavy atom. The Morgan fingerprint density at radius 3 is 2.42 bits per heavy atom. The Kier molecular flexibility index (Phi) is 6.68. The maximum absolute atomic E-state index is 13.8. The molecule has 0 saturated heterocycles. The molecule has 1 heterocycles. The van der Waals surface area contributed by atoms with Gasteiger partial charge in [-0.1, -0.05) is 24.6 Å². The second kappa shape index (κ2) is 9.76. The number of hydrogen-bond donors (Lipinski definition) is 1. The summed E-state index contributed by atoms with van der Waals surface area (Å²) in [6, 6.07) is 13.5. The maximum Gasteiger partial charge on any atom is 0.573 e. The number of carboxylic acid groups (broad SMARTS) is 1. The number of halogens is 3. The predicted octanol–water partition coefficient (Wildman–Crippen LogP) is 5.78. The number of ether oxygens (including phenoxy) is 1. The van der Waals surface area contributed by atoms with Crippen molar-refractivity contribution in [3.63, 3.8) is 0 Å². The molecule has 1 N–H and O–H groups in total. The number of carbonyl (C=O) groups is 2. The van der Waals surface area contributed by atoms with E-state index >= 15 is 0 Å². The van der Waals surface area contributed by atoms with E-state index in [9.17, 15) is 22.8 Å². The van der Waals surface area contributed by atoms with Crippen molar-refractivity contribution in [3.8, 4) is 5.75 Å². The number of rotatable bonds is 8. The summed E-state index contributed by atoms with van der Waals surface area (Å²) in [6.07, 6.45) is 0.909. The van der Waals surface area contributed by atoms with E-state index in [-0.39, 0.29) is 36.1 Å². The molecule has 0 aromatic heterocycles. The Bertz CT molecular complexity index is 1120. The van der Waals surface area contributed by atoms with Crippen molar-refractivity contribution < 1.29 is 32.6 Å². The van der Waals surface area contributed by atoms with Gasteiger partial charge in [-0.3, -0.25) is 14.5 Å². The lowest BCUT2D eigenvalue weighted by molar-refractivity contribution is -0.274. The van der Waals surface area contributed by atoms with Gasteiger partial charge in [0.1, 0.15) is 5.75 Å². The number of para-hydroxylation sites is 1. The van der Waals surface area contributed by atoms with Crippen LogP contribution in [0.25, 0.3) is 0 Å². The summed E-state index contributed by atoms with van der Waals surface area (Å²) < 4.78 is 41.6. The Morgan fingerprint density at radius 2 is 1.75 bits per heavy atom. The Hall–Kier alpha value is -3.07. The highest BCUT2D eigenvalue weighted by Crippen LogP contribution is 2.52. The molecule has 2 fully saturated rings. The van der Waals surface area contributed by atoms with Crippen molar-refractivity contribution in [2.45, 2.75) is 69.4 Å². The molecule has 2 aliphatic carbocycles. The molecule has 0 spiro atoms. The summed E-state index contributed by atoms with van der Waals surface area (Å²) >= 11 is 0. The number of fused-ring (bicyclic) bond motifs is 2. The average molecular weight is 503 g/mol. The third-order valence-electron chi connectivity index (χ3n) is 7.52. The lowest BCUT2D eigenvalue weighted by Gasteiger charge is -2.48. The molecule has 0 radical (unpaired) electrons. The molecule has 0 bridgehead atoms. The molecule has 3 atom stereocenters. The van der Waals surface area contributed by atoms with Crippen LogP contribution in [0.4, 0.5) is 18.9 Å². The molecular formula is C27H29F3N2O4. The highest BCUT2D eigenvalue weighted by Gasteiger charge is 2.50. The van der Waals surface area contributed by atoms with E-state index in [4.69, 9.17) is 5.11 Å². The number of carboxylic acids is 1. The van der Waals surface area contributed by atoms with Gasteiger partial charge in [-0.15, -0.1) is 13.2 Å². The molecular weight excluding hydrogens is 473 g/mol. The first-order chi connectivity index (χ1) is 17.2. The first-order valence-corrected chi connectivity index (χ1v) is 12.5. The van der Waals surface area contributed by atoms with Crippen LogP contribution in [-0.2, 0) is 4.79 Å². The Balaban J connectivity index is 1.46. The molecule has 3 unspecified atom stereocenters. The summed E-state index contributed by atoms with van der Waals surface area (Å²) in [5.41, 5.74) is 2.20. The van der Waals surface area contributed by atoms with Crippen molar-refractivity contribution in [3.05, 3.63) is 59.7 Å². The molecule has 2 aromatic rings. The van der Waals surface area contributed by atoms with Gasteiger partial charge in [0.15, 0.2) is 0 Å². The third kappa shape index (κ3) is 5.07. The highest BCUT2D eigenvalue weighted by molar-refractivity contribution is 6.07. The van der Waals surface area contributed by atoms with Crippen LogP contribution in [0.3, 0.4) is 0 Å². The normalized spacial score (nSPS) is 23.3. The van der Waals surface area contributed by atoms with Gasteiger partial charge < -0.3 is 14.7 Å². The summed E-state index contributed by atoms with van der Waals surface area (Å²) in [5.74, 6) is -1.18. The first kappa shape index (κ1) is 24.6. The van der Waals surface area contributed by atoms with E-state index in [0.29, 0.717) is 24.6 Å². The highest BCUT2D eigenvalue weighted by atomic mass is 19.4. The minimum Gasteiger partial charge on any atom is -0.481 e. The van der Waals surface area contributed by atoms with Crippen molar-refractivity contribution in [2.24, 2.45) is 5.92 Å². The molecule has 1 aliphatic heterocycles. The van der Waals surface area contributed by atoms with Crippen LogP contribution < -0.4 is 9.64 Å². The zero-order valence-electron chi connectivity index (χ0n) is 19.8. The minimum atomic E-state index is -4.79. The van der Waals surface area contributed by atoms with Crippen molar-refractivity contribution in [1.29, 1.82) is 0 Å². The zero-order chi connectivity index (χ0) is 25.4. The maximum atomic E-state index is 13.8. The fourth-order valence-electron chi connectivity index (χ4n) is 6.02. The van der Waals surface area contributed by atoms with Gasteiger partial charge in [-0.2, -0.15) is 0 Å². The molecule has 2 aromatic carbocycles. The van der Waals surface area contributed by atoms with Gasteiger partial charge in [0, 0.05) is 35.8 Å². The van der Waals surface area contributed by atoms with E-state index in [1.54, 1.807) is 0 Å². The topological polar surface area (TPSA) is 70.1 Å². The summed E-state index contributed by atoms with van der Waals surface area (Å²) in [6.45, 7) is 0.702. The van der Waals surface area contributed by atoms with Gasteiger partial charge in [0.2, 0.25) is 0 Å². The largest absolute Gasteiger partial charge is 0.573 e. The quantitative estimate of drug-likeness (QED) is 0.495. The number of amides is 1. The SMILES string of the molecule is O=C(O)CCCN(C1CC1)C1c2ccccc2N(C(=O)c2ccc(OC(F)(F)F)cc2)C2CCCC21. The number of carbonyl (C=O) groups excluding carboxylic acids is 1. The average Bonchev–Trinajstić information content (AvgIpc) is 3.56. The van der Waals surface area contributed by atoms with Gasteiger partial charge in [-0.05, 0) is 80.5 Å². The monoisotopic (exact) mass is 502 g/mol. The molecule has 2 saturated carbocycles. The zero-order valence-corrected chi connectivity index (χ0v) is 19.8. The van der Waals surface area contributed by atoms with Crippen molar-refractivity contribution >= 4 is 17.6 Å². The molecule has 36 heavy (non-hydrogen) atoms. The summed E-state index contributed by atoms with van der Waals surface area (Å²) in [5, 5.41) is 9.15. The van der Waals surface area contributed by atoms with E-state index in [1.165, 1.54) is 24.3 Å². The van der Waals surface area contributed by atoms with E-state index in [2.05, 4.69) is 15.7 Å². The van der Waals surface area contributed by atoms with Crippen LogP contribution in [0.2, 0.25) is 0 Å². The number of benzene rings is 2. The fourth-order valence-corrected chi connectivity index (χ4v) is 6.02. The van der Waals surface area contributed by atoms with Crippen LogP contribution in [0.5, 0.6) is 5.75 Å². The Labute approximate surface area is 207 Å². The van der Waals surface area contributed by atoms with Gasteiger partial charge >= 0.3 is 12.3 Å². The molecule has 3 aliphatic rings. The van der Waals surface area contributed by atoms with Crippen LogP contribution in [-0.4, -0.2) is 46.9 Å². The van der Waals surface area contributed by atoms with E-state index in [0.717, 1.165) is 43.4 Å². The smallest absolute Gasteiger partial charge is 0.481 e. The second-order valence-corrected chi connectivity index (χ2v) is 9.88. The second-order valence-electron chi connectivity index (χ2n) is 9.88. The molecule has 1 amide bonds. The molecule has 9 heteroatoms. The van der Waals surface area contributed by atoms with E-state index < -0.39 is 12.3 Å². The fraction of sp³-hybridized carbons (Fsp3) is 0.481. The minimum absolute atomic E-state index is 0.0239. The first-order valence-electron chi connectivity index (χ1n) is 12.5. The van der Waals surface area contributed by atoms with Gasteiger partial charge in [-0.25, -0.2) is 0 Å². The third-order valence-corrected chi connectivity index (χ3v) is 7.52. The van der Waals surface area contributed by atoms with E-state index in [1.807, 2.05) is 23.1 Å². The number of hydrogen-bond acceptors (Lipinski definition) is 4. The van der Waals surface area contributed by atoms with Crippen molar-refractivity contribution in [1.82, 2.24) is 4.90 Å². The summed E-state index contributed by atoms with van der Waals surface area (Å²) in [4.78, 5) is 29.2. The standard InChI is InChI=1S/C27H29F3N2O4/c28-27(29,30)36-19-14-10-17(11-15-19)26(35)32-22-7-2-1-5-20(22)25(21-6-3-8-23(21)32)31(18-12-13-18)16-4-9-24(33)34/h1-2,5,7,10-11,14-15,18,21,23,25H,3-4,6,8-9,12-13,16H2,(H,33,34). The number of alkyl halides is 3. The van der Waals surface area contributed by atoms with Crippen LogP contribution in [0, 0.1) is 5.92 Å². The molecule has 6 nitrogen and oxygen atoms in total. The van der Waals surface area contributed by atoms with Crippen LogP contribution in [0.1, 0.15) is 66.9 Å². The number of nitrogens with zero attached hydrogens (tertiary/aromatic N) is 2. The van der Waals surface area contributed by atoms with Crippen molar-refractivity contribution in [2.75, 3.05) is 11.4 Å². The van der Waals surface area contributed by atoms with Gasteiger partial charge in [0.05, 0.1) is 0 Å². The lowest BCUT2D eigenvalue weighted by Crippen LogP contribution is -2.52. The number of aliphatic carboxylic acids is 1. The lowest BCUT2D eigenvalue weighted by atomic mass is 9.81. The molecule has 5 rings (SSSR count). The summed E-state index contributed by atoms with van der Waals surface area (Å²) in [7, 11) is 0. The van der Waals surface area contributed by atoms with Crippen LogP contribution >= 0.6 is 0 Å².